The van der Waals surface area contributed by atoms with Crippen LogP contribution < -0.4 is 0 Å². The Bertz CT molecular complexity index is 1780. The van der Waals surface area contributed by atoms with Gasteiger partial charge in [-0.1, -0.05) is 246 Å². The molecule has 0 aliphatic rings. The topological polar surface area (TPSA) is 237 Å². The molecule has 0 fully saturated rings. The van der Waals surface area contributed by atoms with Gasteiger partial charge in [0, 0.05) is 25.7 Å². The van der Waals surface area contributed by atoms with Gasteiger partial charge in [0.05, 0.1) is 26.4 Å². The van der Waals surface area contributed by atoms with Crippen LogP contribution in [-0.4, -0.2) is 96.7 Å². The third-order valence-corrected chi connectivity index (χ3v) is 16.8. The molecule has 0 aliphatic heterocycles. The van der Waals surface area contributed by atoms with Crippen molar-refractivity contribution >= 4 is 39.5 Å². The van der Waals surface area contributed by atoms with Gasteiger partial charge < -0.3 is 33.8 Å². The van der Waals surface area contributed by atoms with Crippen LogP contribution in [0.1, 0.15) is 299 Å². The number of hydrogen-bond donors (Lipinski definition) is 3. The van der Waals surface area contributed by atoms with Gasteiger partial charge in [-0.15, -0.1) is 0 Å². The number of carbonyl (C=O) groups is 4. The van der Waals surface area contributed by atoms with Crippen LogP contribution in [0.3, 0.4) is 0 Å². The highest BCUT2D eigenvalue weighted by molar-refractivity contribution is 7.47. The maximum absolute atomic E-state index is 13.0. The number of aliphatic hydroxyl groups is 1. The molecule has 3 unspecified atom stereocenters. The summed E-state index contributed by atoms with van der Waals surface area (Å²) in [4.78, 5) is 72.2. The molecule has 0 aromatic heterocycles. The van der Waals surface area contributed by atoms with Crippen molar-refractivity contribution in [2.45, 2.75) is 317 Å². The maximum atomic E-state index is 13.0. The van der Waals surface area contributed by atoms with E-state index in [9.17, 15) is 43.2 Å². The molecule has 500 valence electrons. The highest BCUT2D eigenvalue weighted by atomic mass is 31.2. The zero-order chi connectivity index (χ0) is 63.1. The highest BCUT2D eigenvalue weighted by Gasteiger charge is 2.30. The van der Waals surface area contributed by atoms with E-state index in [-0.39, 0.29) is 25.7 Å². The number of carbonyl (C=O) groups excluding carboxylic acids is 4. The molecule has 0 amide bonds. The summed E-state index contributed by atoms with van der Waals surface area (Å²) in [6.07, 6.45) is 41.5. The predicted octanol–water partition coefficient (Wildman–Crippen LogP) is 17.8. The Hall–Kier alpha value is -2.46. The SMILES string of the molecule is CCCCCC/C=C\C=C/CCCCCCCC(=O)OC[C@H](COP(=O)(O)OC[C@@H](O)COP(=O)(O)OC[C@@H](COC(=O)CCCCCCCCC(C)C)OC(=O)CCCCCCCCCCC(C)CC)OC(=O)CCCCCCCCC(C)C. The van der Waals surface area contributed by atoms with E-state index in [0.29, 0.717) is 37.5 Å². The lowest BCUT2D eigenvalue weighted by molar-refractivity contribution is -0.161. The van der Waals surface area contributed by atoms with Crippen molar-refractivity contribution < 1.29 is 80.2 Å². The van der Waals surface area contributed by atoms with Gasteiger partial charge in [-0.05, 0) is 69.1 Å². The van der Waals surface area contributed by atoms with Gasteiger partial charge in [0.15, 0.2) is 12.2 Å². The van der Waals surface area contributed by atoms with E-state index in [1.807, 2.05) is 0 Å². The molecule has 3 N–H and O–H groups in total. The second-order valence-corrected chi connectivity index (χ2v) is 27.3. The minimum Gasteiger partial charge on any atom is -0.462 e. The fourth-order valence-corrected chi connectivity index (χ4v) is 10.8. The molecule has 0 radical (unpaired) electrons. The Morgan fingerprint density at radius 2 is 0.694 bits per heavy atom. The van der Waals surface area contributed by atoms with Crippen molar-refractivity contribution in [1.29, 1.82) is 0 Å². The van der Waals surface area contributed by atoms with Gasteiger partial charge in [0.25, 0.3) is 0 Å². The lowest BCUT2D eigenvalue weighted by Gasteiger charge is -2.21. The smallest absolute Gasteiger partial charge is 0.462 e. The summed E-state index contributed by atoms with van der Waals surface area (Å²) in [5.41, 5.74) is 0. The van der Waals surface area contributed by atoms with E-state index in [1.165, 1.54) is 83.5 Å². The second kappa shape index (κ2) is 56.8. The summed E-state index contributed by atoms with van der Waals surface area (Å²) in [5, 5.41) is 10.5. The number of aliphatic hydroxyl groups excluding tert-OH is 1. The Labute approximate surface area is 516 Å². The first-order valence-electron chi connectivity index (χ1n) is 33.7. The number of rotatable bonds is 62. The van der Waals surface area contributed by atoms with E-state index in [2.05, 4.69) is 72.8 Å². The van der Waals surface area contributed by atoms with Crippen LogP contribution in [0.25, 0.3) is 0 Å². The van der Waals surface area contributed by atoms with Gasteiger partial charge >= 0.3 is 39.5 Å². The van der Waals surface area contributed by atoms with E-state index in [4.69, 9.17) is 37.0 Å². The quantitative estimate of drug-likeness (QED) is 0.0169. The predicted molar refractivity (Wildman–Crippen MR) is 340 cm³/mol. The van der Waals surface area contributed by atoms with Gasteiger partial charge in [0.2, 0.25) is 0 Å². The maximum Gasteiger partial charge on any atom is 0.472 e. The zero-order valence-electron chi connectivity index (χ0n) is 54.5. The Balaban J connectivity index is 5.25. The van der Waals surface area contributed by atoms with E-state index in [1.54, 1.807) is 0 Å². The molecule has 17 nitrogen and oxygen atoms in total. The van der Waals surface area contributed by atoms with E-state index < -0.39 is 97.5 Å². The first kappa shape index (κ1) is 82.5. The molecule has 0 aliphatic carbocycles. The monoisotopic (exact) mass is 1250 g/mol. The number of unbranched alkanes of at least 4 members (excludes halogenated alkanes) is 26. The summed E-state index contributed by atoms with van der Waals surface area (Å²) in [6.45, 7) is 11.6. The van der Waals surface area contributed by atoms with Crippen molar-refractivity contribution in [2.75, 3.05) is 39.6 Å². The number of phosphoric acid groups is 2. The fraction of sp³-hybridized carbons (Fsp3) is 0.879. The average molecular weight is 1250 g/mol. The lowest BCUT2D eigenvalue weighted by Crippen LogP contribution is -2.30. The molecule has 6 atom stereocenters. The summed E-state index contributed by atoms with van der Waals surface area (Å²) in [7, 11) is -9.90. The summed E-state index contributed by atoms with van der Waals surface area (Å²) >= 11 is 0. The third kappa shape index (κ3) is 59.0. The van der Waals surface area contributed by atoms with Crippen LogP contribution in [0, 0.1) is 17.8 Å². The van der Waals surface area contributed by atoms with Crippen LogP contribution in [0.2, 0.25) is 0 Å². The molecular formula is C66H124O17P2. The zero-order valence-corrected chi connectivity index (χ0v) is 56.3. The first-order chi connectivity index (χ1) is 40.8. The molecule has 0 spiro atoms. The van der Waals surface area contributed by atoms with E-state index in [0.717, 1.165) is 121 Å². The van der Waals surface area contributed by atoms with Crippen LogP contribution in [0.5, 0.6) is 0 Å². The summed E-state index contributed by atoms with van der Waals surface area (Å²) in [6, 6.07) is 0. The van der Waals surface area contributed by atoms with Crippen LogP contribution in [0.15, 0.2) is 24.3 Å². The molecular weight excluding hydrogens is 1130 g/mol. The molecule has 0 aromatic carbocycles. The number of allylic oxidation sites excluding steroid dienone is 4. The minimum absolute atomic E-state index is 0.0946. The Morgan fingerprint density at radius 3 is 1.05 bits per heavy atom. The standard InChI is InChI=1S/C66H124O17P2/c1-8-10-11-12-13-14-15-16-17-18-19-20-24-33-40-47-63(68)76-53-62(83-66(71)50-43-36-29-27-31-38-45-58(5)6)56-81-85(74,75)79-52-60(67)51-78-84(72,73)80-55-61(54-77-64(69)48-41-34-28-26-30-37-44-57(3)4)82-65(70)49-42-35-25-22-21-23-32-39-46-59(7)9-2/h14-17,57-62,67H,8-13,18-56H2,1-7H3,(H,72,73)(H,74,75)/b15-14-,17-16-/t59?,60-,61+,62+/m0/s1. The minimum atomic E-state index is -4.95. The first-order valence-corrected chi connectivity index (χ1v) is 36.7. The largest absolute Gasteiger partial charge is 0.472 e. The number of esters is 4. The number of ether oxygens (including phenoxy) is 4. The van der Waals surface area contributed by atoms with Crippen molar-refractivity contribution in [3.63, 3.8) is 0 Å². The van der Waals surface area contributed by atoms with Crippen molar-refractivity contribution in [3.05, 3.63) is 24.3 Å². The molecule has 0 bridgehead atoms. The molecule has 0 rings (SSSR count). The molecule has 0 saturated carbocycles. The number of hydrogen-bond acceptors (Lipinski definition) is 15. The third-order valence-electron chi connectivity index (χ3n) is 14.9. The molecule has 19 heteroatoms. The van der Waals surface area contributed by atoms with Gasteiger partial charge in [-0.25, -0.2) is 9.13 Å². The second-order valence-electron chi connectivity index (χ2n) is 24.4. The Kier molecular flexibility index (Phi) is 55.1. The molecule has 0 heterocycles. The van der Waals surface area contributed by atoms with Crippen LogP contribution >= 0.6 is 15.6 Å². The van der Waals surface area contributed by atoms with Crippen LogP contribution in [-0.2, 0) is 65.4 Å². The number of phosphoric ester groups is 2. The summed E-state index contributed by atoms with van der Waals surface area (Å²) in [5.74, 6) is -0.0595. The Morgan fingerprint density at radius 1 is 0.388 bits per heavy atom. The van der Waals surface area contributed by atoms with Gasteiger partial charge in [0.1, 0.15) is 19.3 Å². The normalized spacial score (nSPS) is 14.8. The molecule has 85 heavy (non-hydrogen) atoms. The average Bonchev–Trinajstić information content (AvgIpc) is 3.49. The van der Waals surface area contributed by atoms with Crippen molar-refractivity contribution in [1.82, 2.24) is 0 Å². The van der Waals surface area contributed by atoms with Gasteiger partial charge in [-0.3, -0.25) is 37.3 Å². The molecule has 0 aromatic rings. The van der Waals surface area contributed by atoms with Crippen LogP contribution in [0.4, 0.5) is 0 Å². The van der Waals surface area contributed by atoms with Crippen molar-refractivity contribution in [3.8, 4) is 0 Å². The highest BCUT2D eigenvalue weighted by Crippen LogP contribution is 2.45. The fourth-order valence-electron chi connectivity index (χ4n) is 9.26. The lowest BCUT2D eigenvalue weighted by atomic mass is 9.99. The van der Waals surface area contributed by atoms with E-state index >= 15 is 0 Å². The van der Waals surface area contributed by atoms with Gasteiger partial charge in [-0.2, -0.15) is 0 Å². The van der Waals surface area contributed by atoms with Crippen molar-refractivity contribution in [2.24, 2.45) is 17.8 Å². The molecule has 0 saturated heterocycles. The summed E-state index contributed by atoms with van der Waals surface area (Å²) < 4.78 is 68.0.